The van der Waals surface area contributed by atoms with Crippen molar-refractivity contribution in [3.63, 3.8) is 0 Å². The third-order valence-electron chi connectivity index (χ3n) is 3.68. The molecule has 0 spiro atoms. The van der Waals surface area contributed by atoms with Gasteiger partial charge in [-0.2, -0.15) is 5.10 Å². The summed E-state index contributed by atoms with van der Waals surface area (Å²) in [6, 6.07) is 4.32. The van der Waals surface area contributed by atoms with Gasteiger partial charge in [-0.1, -0.05) is 13.0 Å². The molecule has 1 N–H and O–H groups in total. The molecule has 0 amide bonds. The highest BCUT2D eigenvalue weighted by molar-refractivity contribution is 7.09. The molecule has 0 saturated carbocycles. The quantitative estimate of drug-likeness (QED) is 0.761. The molecule has 0 radical (unpaired) electrons. The summed E-state index contributed by atoms with van der Waals surface area (Å²) < 4.78 is 2.01. The maximum atomic E-state index is 4.59. The van der Waals surface area contributed by atoms with E-state index < -0.39 is 0 Å². The Morgan fingerprint density at radius 3 is 2.90 bits per heavy atom. The highest BCUT2D eigenvalue weighted by atomic mass is 32.1. The largest absolute Gasteiger partial charge is 0.359 e. The van der Waals surface area contributed by atoms with Crippen molar-refractivity contribution in [3.8, 4) is 0 Å². The molecule has 0 saturated heterocycles. The van der Waals surface area contributed by atoms with E-state index in [0.717, 1.165) is 38.2 Å². The van der Waals surface area contributed by atoms with E-state index >= 15 is 0 Å². The van der Waals surface area contributed by atoms with Gasteiger partial charge in [0.05, 0.1) is 5.69 Å². The van der Waals surface area contributed by atoms with Gasteiger partial charge in [-0.3, -0.25) is 4.68 Å². The Bertz CT molecular complexity index is 545. The van der Waals surface area contributed by atoms with Gasteiger partial charge in [-0.05, 0) is 37.8 Å². The van der Waals surface area contributed by atoms with Crippen LogP contribution in [-0.4, -0.2) is 29.9 Å². The van der Waals surface area contributed by atoms with Crippen LogP contribution in [0.5, 0.6) is 0 Å². The average Bonchev–Trinajstić information content (AvgIpc) is 3.05. The Morgan fingerprint density at radius 2 is 2.24 bits per heavy atom. The summed E-state index contributed by atoms with van der Waals surface area (Å²) in [5.41, 5.74) is 2.44. The van der Waals surface area contributed by atoms with Crippen LogP contribution in [0.25, 0.3) is 0 Å². The average molecular weight is 306 g/mol. The number of aryl methyl sites for hydroxylation is 2. The van der Waals surface area contributed by atoms with Crippen molar-refractivity contribution in [2.45, 2.75) is 33.2 Å². The molecule has 0 aliphatic heterocycles. The van der Waals surface area contributed by atoms with Crippen LogP contribution < -0.4 is 10.2 Å². The summed E-state index contributed by atoms with van der Waals surface area (Å²) in [6.45, 7) is 7.25. The molecule has 0 aliphatic carbocycles. The summed E-state index contributed by atoms with van der Waals surface area (Å²) in [5.74, 6) is 1.23. The van der Waals surface area contributed by atoms with Crippen LogP contribution in [0.4, 0.5) is 5.82 Å². The summed E-state index contributed by atoms with van der Waals surface area (Å²) in [7, 11) is 4.20. The zero-order valence-corrected chi connectivity index (χ0v) is 14.3. The van der Waals surface area contributed by atoms with Crippen molar-refractivity contribution in [2.75, 3.05) is 25.0 Å². The number of rotatable bonds is 8. The fourth-order valence-corrected chi connectivity index (χ4v) is 3.30. The minimum atomic E-state index is 0.895. The second kappa shape index (κ2) is 7.61. The number of aromatic nitrogens is 2. The SMILES string of the molecule is CCCNCc1c(C)nn(C)c1N(C)CCc1cccs1. The molecule has 2 aromatic heterocycles. The molecule has 21 heavy (non-hydrogen) atoms. The van der Waals surface area contributed by atoms with Gasteiger partial charge < -0.3 is 10.2 Å². The lowest BCUT2D eigenvalue weighted by molar-refractivity contribution is 0.669. The summed E-state index contributed by atoms with van der Waals surface area (Å²) in [5, 5.41) is 10.2. The Balaban J connectivity index is 2.05. The van der Waals surface area contributed by atoms with E-state index in [2.05, 4.69) is 53.7 Å². The Labute approximate surface area is 131 Å². The van der Waals surface area contributed by atoms with Gasteiger partial charge in [-0.15, -0.1) is 11.3 Å². The molecule has 0 bridgehead atoms. The zero-order valence-electron chi connectivity index (χ0n) is 13.5. The van der Waals surface area contributed by atoms with Crippen LogP contribution in [-0.2, 0) is 20.0 Å². The van der Waals surface area contributed by atoms with E-state index in [1.54, 1.807) is 0 Å². The molecule has 4 nitrogen and oxygen atoms in total. The molecule has 0 aromatic carbocycles. The number of hydrogen-bond donors (Lipinski definition) is 1. The smallest absolute Gasteiger partial charge is 0.131 e. The van der Waals surface area contributed by atoms with Crippen LogP contribution in [0, 0.1) is 6.92 Å². The monoisotopic (exact) mass is 306 g/mol. The maximum absolute atomic E-state index is 4.59. The topological polar surface area (TPSA) is 33.1 Å². The molecule has 2 aromatic rings. The molecule has 0 fully saturated rings. The number of hydrogen-bond acceptors (Lipinski definition) is 4. The minimum absolute atomic E-state index is 0.895. The predicted molar refractivity (Wildman–Crippen MR) is 91.2 cm³/mol. The molecular formula is C16H26N4S. The second-order valence-electron chi connectivity index (χ2n) is 5.44. The Kier molecular flexibility index (Phi) is 5.82. The summed E-state index contributed by atoms with van der Waals surface area (Å²) >= 11 is 1.83. The lowest BCUT2D eigenvalue weighted by Crippen LogP contribution is -2.25. The van der Waals surface area contributed by atoms with Crippen LogP contribution in [0.2, 0.25) is 0 Å². The van der Waals surface area contributed by atoms with Crippen molar-refractivity contribution < 1.29 is 0 Å². The van der Waals surface area contributed by atoms with Gasteiger partial charge in [0.1, 0.15) is 5.82 Å². The van der Waals surface area contributed by atoms with Crippen LogP contribution in [0.3, 0.4) is 0 Å². The first kappa shape index (κ1) is 16.0. The first-order valence-electron chi connectivity index (χ1n) is 7.60. The fraction of sp³-hybridized carbons (Fsp3) is 0.562. The van der Waals surface area contributed by atoms with Crippen molar-refractivity contribution in [3.05, 3.63) is 33.6 Å². The molecule has 0 aliphatic rings. The zero-order chi connectivity index (χ0) is 15.2. The van der Waals surface area contributed by atoms with E-state index in [0.29, 0.717) is 0 Å². The van der Waals surface area contributed by atoms with Gasteiger partial charge in [0.15, 0.2) is 0 Å². The predicted octanol–water partition coefficient (Wildman–Crippen LogP) is 2.97. The van der Waals surface area contributed by atoms with E-state index in [4.69, 9.17) is 0 Å². The maximum Gasteiger partial charge on any atom is 0.131 e. The lowest BCUT2D eigenvalue weighted by Gasteiger charge is -2.21. The van der Waals surface area contributed by atoms with Gasteiger partial charge in [0.25, 0.3) is 0 Å². The normalized spacial score (nSPS) is 11.0. The van der Waals surface area contributed by atoms with Gasteiger partial charge >= 0.3 is 0 Å². The third kappa shape index (κ3) is 4.08. The molecule has 2 rings (SSSR count). The first-order valence-corrected chi connectivity index (χ1v) is 8.48. The molecular weight excluding hydrogens is 280 g/mol. The van der Waals surface area contributed by atoms with Crippen LogP contribution in [0.15, 0.2) is 17.5 Å². The standard InChI is InChI=1S/C16H26N4S/c1-5-9-17-12-15-13(2)18-20(4)16(15)19(3)10-8-14-7-6-11-21-14/h6-7,11,17H,5,8-10,12H2,1-4H3. The van der Waals surface area contributed by atoms with Crippen molar-refractivity contribution >= 4 is 17.2 Å². The fourth-order valence-electron chi connectivity index (χ4n) is 2.60. The highest BCUT2D eigenvalue weighted by Crippen LogP contribution is 2.22. The summed E-state index contributed by atoms with van der Waals surface area (Å²) in [6.07, 6.45) is 2.24. The lowest BCUT2D eigenvalue weighted by atomic mass is 10.2. The number of nitrogens with one attached hydrogen (secondary N) is 1. The van der Waals surface area contributed by atoms with E-state index in [1.165, 1.54) is 16.3 Å². The first-order chi connectivity index (χ1) is 10.1. The van der Waals surface area contributed by atoms with Gasteiger partial charge in [0, 0.05) is 37.6 Å². The van der Waals surface area contributed by atoms with Crippen molar-refractivity contribution in [1.82, 2.24) is 15.1 Å². The van der Waals surface area contributed by atoms with Crippen LogP contribution >= 0.6 is 11.3 Å². The van der Waals surface area contributed by atoms with Crippen molar-refractivity contribution in [2.24, 2.45) is 7.05 Å². The minimum Gasteiger partial charge on any atom is -0.359 e. The van der Waals surface area contributed by atoms with E-state index in [1.807, 2.05) is 23.1 Å². The van der Waals surface area contributed by atoms with Gasteiger partial charge in [-0.25, -0.2) is 0 Å². The Hall–Kier alpha value is -1.33. The third-order valence-corrected chi connectivity index (χ3v) is 4.61. The van der Waals surface area contributed by atoms with Crippen LogP contribution in [0.1, 0.15) is 29.5 Å². The number of anilines is 1. The molecule has 5 heteroatoms. The molecule has 116 valence electrons. The molecule has 2 heterocycles. The number of thiophene rings is 1. The molecule has 0 unspecified atom stereocenters. The second-order valence-corrected chi connectivity index (χ2v) is 6.47. The van der Waals surface area contributed by atoms with E-state index in [-0.39, 0.29) is 0 Å². The number of likely N-dealkylation sites (N-methyl/N-ethyl adjacent to an activating group) is 1. The highest BCUT2D eigenvalue weighted by Gasteiger charge is 2.16. The van der Waals surface area contributed by atoms with Crippen molar-refractivity contribution in [1.29, 1.82) is 0 Å². The summed E-state index contributed by atoms with van der Waals surface area (Å²) in [4.78, 5) is 3.76. The number of nitrogens with zero attached hydrogens (tertiary/aromatic N) is 3. The van der Waals surface area contributed by atoms with E-state index in [9.17, 15) is 0 Å². The molecule has 0 atom stereocenters. The Morgan fingerprint density at radius 1 is 1.43 bits per heavy atom. The van der Waals surface area contributed by atoms with Gasteiger partial charge in [0.2, 0.25) is 0 Å².